The number of aromatic nitrogens is 2. The third-order valence-electron chi connectivity index (χ3n) is 3.27. The van der Waals surface area contributed by atoms with Gasteiger partial charge in [0.05, 0.1) is 0 Å². The number of amides is 1. The predicted octanol–water partition coefficient (Wildman–Crippen LogP) is 0.0494. The van der Waals surface area contributed by atoms with Crippen LogP contribution in [0.2, 0.25) is 0 Å². The van der Waals surface area contributed by atoms with Crippen molar-refractivity contribution in [2.45, 2.75) is 32.4 Å². The Balaban J connectivity index is 2.04. The van der Waals surface area contributed by atoms with Crippen molar-refractivity contribution in [3.05, 3.63) is 22.1 Å². The number of hydrogen-bond donors (Lipinski definition) is 1. The minimum absolute atomic E-state index is 0.0240. The summed E-state index contributed by atoms with van der Waals surface area (Å²) in [5, 5.41) is 10.6. The molecule has 1 aliphatic heterocycles. The number of imidazole rings is 1. The van der Waals surface area contributed by atoms with Crippen LogP contribution < -0.4 is 5.73 Å². The van der Waals surface area contributed by atoms with Crippen LogP contribution in [0.5, 0.6) is 0 Å². The monoisotopic (exact) mass is 267 g/mol. The van der Waals surface area contributed by atoms with Crippen LogP contribution in [-0.2, 0) is 11.3 Å². The molecular formula is C11H17N5O3. The SMILES string of the molecule is Cc1nc([N+](=O)[O-])cn1CC(=O)N1CCCC(N)C1. The molecule has 1 aromatic heterocycles. The minimum Gasteiger partial charge on any atom is -0.358 e. The molecule has 8 nitrogen and oxygen atoms in total. The number of nitrogens with zero attached hydrogens (tertiary/aromatic N) is 4. The van der Waals surface area contributed by atoms with Crippen LogP contribution in [0, 0.1) is 17.0 Å². The molecule has 8 heteroatoms. The van der Waals surface area contributed by atoms with E-state index in [0.717, 1.165) is 12.8 Å². The molecule has 2 rings (SSSR count). The van der Waals surface area contributed by atoms with E-state index >= 15 is 0 Å². The van der Waals surface area contributed by atoms with Crippen molar-refractivity contribution >= 4 is 11.7 Å². The molecule has 1 aliphatic rings. The Morgan fingerprint density at radius 3 is 3.00 bits per heavy atom. The predicted molar refractivity (Wildman–Crippen MR) is 67.4 cm³/mol. The fraction of sp³-hybridized carbons (Fsp3) is 0.636. The summed E-state index contributed by atoms with van der Waals surface area (Å²) in [7, 11) is 0. The summed E-state index contributed by atoms with van der Waals surface area (Å²) in [6.07, 6.45) is 3.12. The van der Waals surface area contributed by atoms with E-state index in [0.29, 0.717) is 18.9 Å². The lowest BCUT2D eigenvalue weighted by Gasteiger charge is -2.30. The summed E-state index contributed by atoms with van der Waals surface area (Å²) in [5.41, 5.74) is 5.83. The average molecular weight is 267 g/mol. The van der Waals surface area contributed by atoms with Crippen molar-refractivity contribution in [1.82, 2.24) is 14.5 Å². The van der Waals surface area contributed by atoms with Crippen molar-refractivity contribution in [3.63, 3.8) is 0 Å². The molecule has 0 saturated carbocycles. The number of aryl methyl sites for hydroxylation is 1. The molecular weight excluding hydrogens is 250 g/mol. The molecule has 0 radical (unpaired) electrons. The topological polar surface area (TPSA) is 107 Å². The zero-order valence-electron chi connectivity index (χ0n) is 10.8. The van der Waals surface area contributed by atoms with Gasteiger partial charge in [-0.1, -0.05) is 0 Å². The van der Waals surface area contributed by atoms with Gasteiger partial charge >= 0.3 is 5.82 Å². The lowest BCUT2D eigenvalue weighted by molar-refractivity contribution is -0.389. The second kappa shape index (κ2) is 5.35. The van der Waals surface area contributed by atoms with Crippen LogP contribution in [0.25, 0.3) is 0 Å². The second-order valence-corrected chi connectivity index (χ2v) is 4.77. The van der Waals surface area contributed by atoms with E-state index in [1.54, 1.807) is 11.8 Å². The van der Waals surface area contributed by atoms with Crippen LogP contribution in [0.4, 0.5) is 5.82 Å². The first-order valence-electron chi connectivity index (χ1n) is 6.19. The highest BCUT2D eigenvalue weighted by atomic mass is 16.6. The van der Waals surface area contributed by atoms with Gasteiger partial charge < -0.3 is 20.7 Å². The molecule has 1 aromatic rings. The van der Waals surface area contributed by atoms with Gasteiger partial charge in [0.15, 0.2) is 0 Å². The molecule has 1 saturated heterocycles. The Hall–Kier alpha value is -1.96. The summed E-state index contributed by atoms with van der Waals surface area (Å²) in [4.78, 5) is 27.6. The number of likely N-dealkylation sites (tertiary alicyclic amines) is 1. The molecule has 104 valence electrons. The maximum Gasteiger partial charge on any atom is 0.381 e. The van der Waals surface area contributed by atoms with Gasteiger partial charge in [0.1, 0.15) is 12.7 Å². The van der Waals surface area contributed by atoms with Gasteiger partial charge in [0, 0.05) is 26.1 Å². The lowest BCUT2D eigenvalue weighted by atomic mass is 10.1. The zero-order valence-corrected chi connectivity index (χ0v) is 10.8. The smallest absolute Gasteiger partial charge is 0.358 e. The molecule has 2 N–H and O–H groups in total. The molecule has 1 unspecified atom stereocenters. The first-order chi connectivity index (χ1) is 8.97. The Labute approximate surface area is 110 Å². The van der Waals surface area contributed by atoms with Crippen molar-refractivity contribution in [2.75, 3.05) is 13.1 Å². The third-order valence-corrected chi connectivity index (χ3v) is 3.27. The summed E-state index contributed by atoms with van der Waals surface area (Å²) < 4.78 is 1.50. The van der Waals surface area contributed by atoms with Gasteiger partial charge in [0.2, 0.25) is 11.7 Å². The van der Waals surface area contributed by atoms with Gasteiger partial charge in [-0.05, 0) is 22.7 Å². The fourth-order valence-corrected chi connectivity index (χ4v) is 2.22. The number of carbonyl (C=O) groups is 1. The van der Waals surface area contributed by atoms with Crippen LogP contribution in [0.3, 0.4) is 0 Å². The molecule has 0 aromatic carbocycles. The Morgan fingerprint density at radius 2 is 2.42 bits per heavy atom. The Bertz CT molecular complexity index is 499. The molecule has 0 aliphatic carbocycles. The highest BCUT2D eigenvalue weighted by molar-refractivity contribution is 5.76. The lowest BCUT2D eigenvalue weighted by Crippen LogP contribution is -2.46. The minimum atomic E-state index is -0.565. The van der Waals surface area contributed by atoms with E-state index in [4.69, 9.17) is 5.73 Å². The van der Waals surface area contributed by atoms with Crippen molar-refractivity contribution in [1.29, 1.82) is 0 Å². The normalized spacial score (nSPS) is 19.5. The Morgan fingerprint density at radius 1 is 1.68 bits per heavy atom. The summed E-state index contributed by atoms with van der Waals surface area (Å²) in [5.74, 6) is 0.146. The molecule has 1 amide bonds. The third kappa shape index (κ3) is 3.08. The largest absolute Gasteiger partial charge is 0.381 e. The van der Waals surface area contributed by atoms with Crippen LogP contribution in [0.15, 0.2) is 6.20 Å². The van der Waals surface area contributed by atoms with E-state index in [1.807, 2.05) is 0 Å². The van der Waals surface area contributed by atoms with E-state index in [-0.39, 0.29) is 24.3 Å². The Kier molecular flexibility index (Phi) is 3.79. The number of piperidine rings is 1. The van der Waals surface area contributed by atoms with Crippen LogP contribution in [0.1, 0.15) is 18.7 Å². The first kappa shape index (κ1) is 13.5. The number of hydrogen-bond acceptors (Lipinski definition) is 5. The number of carbonyl (C=O) groups excluding carboxylic acids is 1. The molecule has 1 fully saturated rings. The first-order valence-corrected chi connectivity index (χ1v) is 6.19. The van der Waals surface area contributed by atoms with Gasteiger partial charge in [-0.2, -0.15) is 0 Å². The molecule has 0 bridgehead atoms. The van der Waals surface area contributed by atoms with Crippen LogP contribution >= 0.6 is 0 Å². The van der Waals surface area contributed by atoms with Gasteiger partial charge in [0.25, 0.3) is 0 Å². The van der Waals surface area contributed by atoms with E-state index in [9.17, 15) is 14.9 Å². The maximum absolute atomic E-state index is 12.1. The van der Waals surface area contributed by atoms with E-state index in [2.05, 4.69) is 4.98 Å². The van der Waals surface area contributed by atoms with Gasteiger partial charge in [-0.3, -0.25) is 9.36 Å². The highest BCUT2D eigenvalue weighted by Gasteiger charge is 2.23. The van der Waals surface area contributed by atoms with Gasteiger partial charge in [-0.15, -0.1) is 0 Å². The maximum atomic E-state index is 12.1. The summed E-state index contributed by atoms with van der Waals surface area (Å²) in [6, 6.07) is 0.0240. The van der Waals surface area contributed by atoms with Crippen molar-refractivity contribution in [3.8, 4) is 0 Å². The second-order valence-electron chi connectivity index (χ2n) is 4.77. The fourth-order valence-electron chi connectivity index (χ4n) is 2.22. The van der Waals surface area contributed by atoms with E-state index < -0.39 is 4.92 Å². The molecule has 2 heterocycles. The quantitative estimate of drug-likeness (QED) is 0.615. The van der Waals surface area contributed by atoms with Crippen LogP contribution in [-0.4, -0.2) is 44.4 Å². The number of rotatable bonds is 3. The standard InChI is InChI=1S/C11H17N5O3/c1-8-13-10(16(18)19)6-15(8)7-11(17)14-4-2-3-9(12)5-14/h6,9H,2-5,7,12H2,1H3. The number of nitro groups is 1. The summed E-state index contributed by atoms with van der Waals surface area (Å²) in [6.45, 7) is 2.96. The molecule has 19 heavy (non-hydrogen) atoms. The van der Waals surface area contributed by atoms with Gasteiger partial charge in [-0.25, -0.2) is 0 Å². The highest BCUT2D eigenvalue weighted by Crippen LogP contribution is 2.13. The average Bonchev–Trinajstić information content (AvgIpc) is 2.71. The van der Waals surface area contributed by atoms with Crippen molar-refractivity contribution in [2.24, 2.45) is 5.73 Å². The summed E-state index contributed by atoms with van der Waals surface area (Å²) >= 11 is 0. The molecule has 0 spiro atoms. The van der Waals surface area contributed by atoms with Crippen molar-refractivity contribution < 1.29 is 9.72 Å². The zero-order chi connectivity index (χ0) is 14.0. The molecule has 1 atom stereocenters. The number of nitrogens with two attached hydrogens (primary N) is 1. The van der Waals surface area contributed by atoms with E-state index in [1.165, 1.54) is 10.8 Å².